The molecule has 4 N–H and O–H groups in total. The van der Waals surface area contributed by atoms with Crippen LogP contribution in [0, 0.1) is 0 Å². The summed E-state index contributed by atoms with van der Waals surface area (Å²) in [5.74, 6) is -0.607. The fraction of sp³-hybridized carbons (Fsp3) is 0.615. The molecule has 0 aliphatic heterocycles. The molecule has 2 amide bonds. The van der Waals surface area contributed by atoms with Gasteiger partial charge in [-0.1, -0.05) is 0 Å². The minimum absolute atomic E-state index is 0.229. The first-order valence-corrected chi connectivity index (χ1v) is 6.57. The van der Waals surface area contributed by atoms with Gasteiger partial charge in [-0.15, -0.1) is 0 Å². The standard InChI is InChI=1S/C13H23N5O2/c1-9(11(19)17-13(2,3)4)16-12(20)10-7-18(6-5-14)8-15-10/h7-9H,5-6,14H2,1-4H3,(H,16,20)(H,17,19). The summed E-state index contributed by atoms with van der Waals surface area (Å²) in [7, 11) is 0. The lowest BCUT2D eigenvalue weighted by Crippen LogP contribution is -2.50. The van der Waals surface area contributed by atoms with Gasteiger partial charge in [0.15, 0.2) is 0 Å². The van der Waals surface area contributed by atoms with E-state index in [2.05, 4.69) is 15.6 Å². The number of hydrogen-bond donors (Lipinski definition) is 3. The van der Waals surface area contributed by atoms with Gasteiger partial charge in [0.05, 0.1) is 6.33 Å². The molecule has 0 fully saturated rings. The Balaban J connectivity index is 2.58. The summed E-state index contributed by atoms with van der Waals surface area (Å²) >= 11 is 0. The summed E-state index contributed by atoms with van der Waals surface area (Å²) < 4.78 is 1.73. The molecule has 1 unspecified atom stereocenters. The summed E-state index contributed by atoms with van der Waals surface area (Å²) in [5.41, 5.74) is 5.36. The predicted molar refractivity (Wildman–Crippen MR) is 76.1 cm³/mol. The predicted octanol–water partition coefficient (Wildman–Crippen LogP) is -0.125. The minimum atomic E-state index is -0.624. The van der Waals surface area contributed by atoms with Gasteiger partial charge in [0.25, 0.3) is 5.91 Å². The molecule has 112 valence electrons. The second-order valence-corrected chi connectivity index (χ2v) is 5.72. The topological polar surface area (TPSA) is 102 Å². The average Bonchev–Trinajstić information content (AvgIpc) is 2.75. The van der Waals surface area contributed by atoms with Crippen molar-refractivity contribution in [2.24, 2.45) is 5.73 Å². The van der Waals surface area contributed by atoms with Gasteiger partial charge < -0.3 is 20.9 Å². The van der Waals surface area contributed by atoms with Crippen LogP contribution in [0.4, 0.5) is 0 Å². The Morgan fingerprint density at radius 1 is 1.45 bits per heavy atom. The molecule has 1 aromatic heterocycles. The molecule has 7 nitrogen and oxygen atoms in total. The fourth-order valence-corrected chi connectivity index (χ4v) is 1.56. The maximum atomic E-state index is 11.9. The van der Waals surface area contributed by atoms with E-state index in [1.807, 2.05) is 20.8 Å². The Morgan fingerprint density at radius 2 is 2.10 bits per heavy atom. The van der Waals surface area contributed by atoms with Crippen LogP contribution in [0.2, 0.25) is 0 Å². The number of amides is 2. The van der Waals surface area contributed by atoms with Crippen LogP contribution in [0.5, 0.6) is 0 Å². The number of imidazole rings is 1. The molecule has 20 heavy (non-hydrogen) atoms. The fourth-order valence-electron chi connectivity index (χ4n) is 1.56. The number of rotatable bonds is 5. The monoisotopic (exact) mass is 281 g/mol. The number of nitrogens with zero attached hydrogens (tertiary/aromatic N) is 2. The number of nitrogens with one attached hydrogen (secondary N) is 2. The summed E-state index contributed by atoms with van der Waals surface area (Å²) in [6.07, 6.45) is 3.15. The van der Waals surface area contributed by atoms with E-state index < -0.39 is 6.04 Å². The van der Waals surface area contributed by atoms with Crippen LogP contribution in [0.1, 0.15) is 38.2 Å². The Morgan fingerprint density at radius 3 is 2.65 bits per heavy atom. The average molecular weight is 281 g/mol. The van der Waals surface area contributed by atoms with Crippen molar-refractivity contribution in [1.29, 1.82) is 0 Å². The molecular formula is C13H23N5O2. The summed E-state index contributed by atoms with van der Waals surface area (Å²) in [6.45, 7) is 8.35. The van der Waals surface area contributed by atoms with Gasteiger partial charge in [-0.3, -0.25) is 9.59 Å². The Hall–Kier alpha value is -1.89. The zero-order valence-corrected chi connectivity index (χ0v) is 12.4. The number of carbonyl (C=O) groups excluding carboxylic acids is 2. The first kappa shape index (κ1) is 16.2. The van der Waals surface area contributed by atoms with Crippen LogP contribution in [-0.4, -0.2) is 39.5 Å². The van der Waals surface area contributed by atoms with Crippen LogP contribution < -0.4 is 16.4 Å². The molecule has 0 spiro atoms. The van der Waals surface area contributed by atoms with Crippen molar-refractivity contribution in [3.8, 4) is 0 Å². The molecule has 0 radical (unpaired) electrons. The van der Waals surface area contributed by atoms with E-state index in [4.69, 9.17) is 5.73 Å². The molecule has 1 aromatic rings. The van der Waals surface area contributed by atoms with Gasteiger partial charge in [0.1, 0.15) is 11.7 Å². The first-order chi connectivity index (χ1) is 9.23. The highest BCUT2D eigenvalue weighted by atomic mass is 16.2. The molecule has 0 bridgehead atoms. The highest BCUT2D eigenvalue weighted by Gasteiger charge is 2.21. The third-order valence-corrected chi connectivity index (χ3v) is 2.49. The van der Waals surface area contributed by atoms with Gasteiger partial charge >= 0.3 is 0 Å². The van der Waals surface area contributed by atoms with Crippen molar-refractivity contribution in [1.82, 2.24) is 20.2 Å². The highest BCUT2D eigenvalue weighted by Crippen LogP contribution is 2.01. The van der Waals surface area contributed by atoms with Crippen molar-refractivity contribution in [3.63, 3.8) is 0 Å². The summed E-state index contributed by atoms with van der Waals surface area (Å²) in [5, 5.41) is 5.42. The molecule has 1 rings (SSSR count). The number of carbonyl (C=O) groups is 2. The van der Waals surface area contributed by atoms with Gasteiger partial charge in [-0.05, 0) is 27.7 Å². The summed E-state index contributed by atoms with van der Waals surface area (Å²) in [6, 6.07) is -0.624. The molecule has 7 heteroatoms. The lowest BCUT2D eigenvalue weighted by Gasteiger charge is -2.23. The molecule has 1 heterocycles. The van der Waals surface area contributed by atoms with Crippen molar-refractivity contribution in [2.45, 2.75) is 45.8 Å². The largest absolute Gasteiger partial charge is 0.350 e. The van der Waals surface area contributed by atoms with Gasteiger partial charge in [-0.2, -0.15) is 0 Å². The van der Waals surface area contributed by atoms with Crippen LogP contribution in [0.3, 0.4) is 0 Å². The zero-order chi connectivity index (χ0) is 15.3. The molecule has 0 aliphatic rings. The van der Waals surface area contributed by atoms with Crippen molar-refractivity contribution < 1.29 is 9.59 Å². The van der Waals surface area contributed by atoms with Crippen molar-refractivity contribution in [3.05, 3.63) is 18.2 Å². The molecule has 0 aromatic carbocycles. The molecular weight excluding hydrogens is 258 g/mol. The normalized spacial score (nSPS) is 12.8. The first-order valence-electron chi connectivity index (χ1n) is 6.57. The minimum Gasteiger partial charge on any atom is -0.350 e. The van der Waals surface area contributed by atoms with E-state index in [-0.39, 0.29) is 23.0 Å². The summed E-state index contributed by atoms with van der Waals surface area (Å²) in [4.78, 5) is 27.8. The van der Waals surface area contributed by atoms with Crippen molar-refractivity contribution in [2.75, 3.05) is 6.54 Å². The van der Waals surface area contributed by atoms with Crippen LogP contribution >= 0.6 is 0 Å². The van der Waals surface area contributed by atoms with E-state index in [1.165, 1.54) is 0 Å². The van der Waals surface area contributed by atoms with Crippen molar-refractivity contribution >= 4 is 11.8 Å². The van der Waals surface area contributed by atoms with E-state index in [1.54, 1.807) is 24.0 Å². The van der Waals surface area contributed by atoms with Gasteiger partial charge in [0, 0.05) is 24.8 Å². The van der Waals surface area contributed by atoms with E-state index in [9.17, 15) is 9.59 Å². The molecule has 1 atom stereocenters. The van der Waals surface area contributed by atoms with E-state index >= 15 is 0 Å². The third-order valence-electron chi connectivity index (χ3n) is 2.49. The van der Waals surface area contributed by atoms with Gasteiger partial charge in [0.2, 0.25) is 5.91 Å². The highest BCUT2D eigenvalue weighted by molar-refractivity contribution is 5.95. The number of hydrogen-bond acceptors (Lipinski definition) is 4. The third kappa shape index (κ3) is 5.00. The van der Waals surface area contributed by atoms with Crippen LogP contribution in [-0.2, 0) is 11.3 Å². The SMILES string of the molecule is CC(NC(=O)c1cn(CCN)cn1)C(=O)NC(C)(C)C. The second-order valence-electron chi connectivity index (χ2n) is 5.72. The quantitative estimate of drug-likeness (QED) is 0.700. The molecule has 0 saturated carbocycles. The van der Waals surface area contributed by atoms with Gasteiger partial charge in [-0.25, -0.2) is 4.98 Å². The Bertz CT molecular complexity index is 475. The number of nitrogens with two attached hydrogens (primary N) is 1. The molecule has 0 aliphatic carbocycles. The lowest BCUT2D eigenvalue weighted by atomic mass is 10.1. The Labute approximate surface area is 118 Å². The van der Waals surface area contributed by atoms with E-state index in [0.29, 0.717) is 13.1 Å². The van der Waals surface area contributed by atoms with E-state index in [0.717, 1.165) is 0 Å². The second kappa shape index (κ2) is 6.51. The smallest absolute Gasteiger partial charge is 0.272 e. The lowest BCUT2D eigenvalue weighted by molar-refractivity contribution is -0.124. The molecule has 0 saturated heterocycles. The Kier molecular flexibility index (Phi) is 5.26. The zero-order valence-electron chi connectivity index (χ0n) is 12.4. The van der Waals surface area contributed by atoms with Crippen LogP contribution in [0.15, 0.2) is 12.5 Å². The van der Waals surface area contributed by atoms with Crippen LogP contribution in [0.25, 0.3) is 0 Å². The number of aromatic nitrogens is 2. The maximum absolute atomic E-state index is 11.9. The maximum Gasteiger partial charge on any atom is 0.272 e.